The van der Waals surface area contributed by atoms with E-state index in [1.807, 2.05) is 20.0 Å². The molecule has 0 N–H and O–H groups in total. The summed E-state index contributed by atoms with van der Waals surface area (Å²) in [5, 5.41) is 0. The van der Waals surface area contributed by atoms with Crippen molar-refractivity contribution >= 4 is 0 Å². The number of nitrogens with zero attached hydrogens (tertiary/aromatic N) is 2. The molecule has 0 atom stereocenters. The Labute approximate surface area is 96.4 Å². The van der Waals surface area contributed by atoms with Gasteiger partial charge < -0.3 is 0 Å². The third-order valence-corrected chi connectivity index (χ3v) is 2.94. The SMILES string of the molecule is Cc1cnc(C)c(-c2cccc(C)c2C)n1. The Bertz CT molecular complexity index is 530. The van der Waals surface area contributed by atoms with Crippen LogP contribution < -0.4 is 0 Å². The first-order valence-electron chi connectivity index (χ1n) is 5.46. The van der Waals surface area contributed by atoms with Gasteiger partial charge in [-0.05, 0) is 38.8 Å². The molecule has 2 nitrogen and oxygen atoms in total. The van der Waals surface area contributed by atoms with Gasteiger partial charge in [-0.2, -0.15) is 0 Å². The molecule has 0 spiro atoms. The van der Waals surface area contributed by atoms with E-state index < -0.39 is 0 Å². The van der Waals surface area contributed by atoms with E-state index in [4.69, 9.17) is 0 Å². The summed E-state index contributed by atoms with van der Waals surface area (Å²) in [4.78, 5) is 8.95. The van der Waals surface area contributed by atoms with Crippen LogP contribution in [-0.2, 0) is 0 Å². The summed E-state index contributed by atoms with van der Waals surface area (Å²) in [5.41, 5.74) is 6.71. The molecule has 1 heterocycles. The number of rotatable bonds is 1. The van der Waals surface area contributed by atoms with Crippen molar-refractivity contribution in [1.29, 1.82) is 0 Å². The molecule has 1 aromatic carbocycles. The Hall–Kier alpha value is -1.70. The number of benzene rings is 1. The van der Waals surface area contributed by atoms with Crippen molar-refractivity contribution in [2.24, 2.45) is 0 Å². The van der Waals surface area contributed by atoms with E-state index in [1.165, 1.54) is 16.7 Å². The maximum Gasteiger partial charge on any atom is 0.0920 e. The fraction of sp³-hybridized carbons (Fsp3) is 0.286. The number of hydrogen-bond acceptors (Lipinski definition) is 2. The smallest absolute Gasteiger partial charge is 0.0920 e. The van der Waals surface area contributed by atoms with Crippen LogP contribution in [0.25, 0.3) is 11.3 Å². The average Bonchev–Trinajstić information content (AvgIpc) is 2.26. The second-order valence-corrected chi connectivity index (χ2v) is 4.19. The van der Waals surface area contributed by atoms with E-state index >= 15 is 0 Å². The van der Waals surface area contributed by atoms with Gasteiger partial charge in [0.1, 0.15) is 0 Å². The van der Waals surface area contributed by atoms with Gasteiger partial charge in [0.15, 0.2) is 0 Å². The number of aryl methyl sites for hydroxylation is 3. The molecule has 2 aromatic rings. The van der Waals surface area contributed by atoms with Crippen molar-refractivity contribution in [3.8, 4) is 11.3 Å². The van der Waals surface area contributed by atoms with E-state index in [0.717, 1.165) is 17.1 Å². The first-order chi connectivity index (χ1) is 7.59. The van der Waals surface area contributed by atoms with Gasteiger partial charge in [-0.3, -0.25) is 4.98 Å². The van der Waals surface area contributed by atoms with Crippen LogP contribution in [0.5, 0.6) is 0 Å². The van der Waals surface area contributed by atoms with Crippen LogP contribution in [0.2, 0.25) is 0 Å². The van der Waals surface area contributed by atoms with Gasteiger partial charge in [0.05, 0.1) is 17.1 Å². The van der Waals surface area contributed by atoms with Crippen LogP contribution in [0.3, 0.4) is 0 Å². The highest BCUT2D eigenvalue weighted by Gasteiger charge is 2.08. The second kappa shape index (κ2) is 4.05. The molecule has 2 heteroatoms. The maximum atomic E-state index is 4.58. The quantitative estimate of drug-likeness (QED) is 0.724. The van der Waals surface area contributed by atoms with Gasteiger partial charge in [-0.1, -0.05) is 18.2 Å². The molecule has 0 radical (unpaired) electrons. The Morgan fingerprint density at radius 1 is 1.00 bits per heavy atom. The molecule has 0 amide bonds. The minimum atomic E-state index is 0.960. The van der Waals surface area contributed by atoms with Gasteiger partial charge in [0, 0.05) is 11.8 Å². The van der Waals surface area contributed by atoms with E-state index in [9.17, 15) is 0 Å². The van der Waals surface area contributed by atoms with Crippen LogP contribution in [0.15, 0.2) is 24.4 Å². The lowest BCUT2D eigenvalue weighted by molar-refractivity contribution is 1.07. The van der Waals surface area contributed by atoms with E-state index in [0.29, 0.717) is 0 Å². The second-order valence-electron chi connectivity index (χ2n) is 4.19. The van der Waals surface area contributed by atoms with Crippen LogP contribution in [0.4, 0.5) is 0 Å². The lowest BCUT2D eigenvalue weighted by Crippen LogP contribution is -1.97. The summed E-state index contributed by atoms with van der Waals surface area (Å²) in [5.74, 6) is 0. The normalized spacial score (nSPS) is 10.5. The summed E-state index contributed by atoms with van der Waals surface area (Å²) in [6, 6.07) is 6.30. The summed E-state index contributed by atoms with van der Waals surface area (Å²) < 4.78 is 0. The molecule has 0 aliphatic heterocycles. The Balaban J connectivity index is 2.67. The Morgan fingerprint density at radius 2 is 1.75 bits per heavy atom. The third-order valence-electron chi connectivity index (χ3n) is 2.94. The van der Waals surface area contributed by atoms with Gasteiger partial charge in [0.25, 0.3) is 0 Å². The van der Waals surface area contributed by atoms with Crippen molar-refractivity contribution in [2.45, 2.75) is 27.7 Å². The predicted molar refractivity (Wildman–Crippen MR) is 66.4 cm³/mol. The predicted octanol–water partition coefficient (Wildman–Crippen LogP) is 3.38. The standard InChI is InChI=1S/C14H16N2/c1-9-6-5-7-13(11(9)3)14-12(4)15-8-10(2)16-14/h5-8H,1-4H3. The molecule has 0 aliphatic carbocycles. The average molecular weight is 212 g/mol. The fourth-order valence-corrected chi connectivity index (χ4v) is 1.80. The highest BCUT2D eigenvalue weighted by Crippen LogP contribution is 2.25. The zero-order valence-electron chi connectivity index (χ0n) is 10.2. The summed E-state index contributed by atoms with van der Waals surface area (Å²) in [7, 11) is 0. The largest absolute Gasteiger partial charge is 0.257 e. The first-order valence-corrected chi connectivity index (χ1v) is 5.46. The number of hydrogen-bond donors (Lipinski definition) is 0. The third kappa shape index (κ3) is 1.83. The zero-order valence-corrected chi connectivity index (χ0v) is 10.2. The van der Waals surface area contributed by atoms with Crippen LogP contribution in [0.1, 0.15) is 22.5 Å². The van der Waals surface area contributed by atoms with E-state index in [2.05, 4.69) is 42.0 Å². The molecular weight excluding hydrogens is 196 g/mol. The molecule has 1 aromatic heterocycles. The minimum Gasteiger partial charge on any atom is -0.257 e. The van der Waals surface area contributed by atoms with Crippen LogP contribution in [-0.4, -0.2) is 9.97 Å². The van der Waals surface area contributed by atoms with Crippen molar-refractivity contribution < 1.29 is 0 Å². The molecule has 0 saturated heterocycles. The van der Waals surface area contributed by atoms with Crippen LogP contribution in [0, 0.1) is 27.7 Å². The van der Waals surface area contributed by atoms with Crippen molar-refractivity contribution in [2.75, 3.05) is 0 Å². The van der Waals surface area contributed by atoms with E-state index in [1.54, 1.807) is 0 Å². The van der Waals surface area contributed by atoms with Gasteiger partial charge in [0.2, 0.25) is 0 Å². The lowest BCUT2D eigenvalue weighted by atomic mass is 10.00. The molecule has 0 fully saturated rings. The molecule has 2 rings (SSSR count). The summed E-state index contributed by atoms with van der Waals surface area (Å²) >= 11 is 0. The number of aromatic nitrogens is 2. The fourth-order valence-electron chi connectivity index (χ4n) is 1.80. The molecule has 82 valence electrons. The zero-order chi connectivity index (χ0) is 11.7. The monoisotopic (exact) mass is 212 g/mol. The van der Waals surface area contributed by atoms with E-state index in [-0.39, 0.29) is 0 Å². The topological polar surface area (TPSA) is 25.8 Å². The maximum absolute atomic E-state index is 4.58. The lowest BCUT2D eigenvalue weighted by Gasteiger charge is -2.10. The van der Waals surface area contributed by atoms with Crippen LogP contribution >= 0.6 is 0 Å². The van der Waals surface area contributed by atoms with Gasteiger partial charge in [-0.15, -0.1) is 0 Å². The van der Waals surface area contributed by atoms with Gasteiger partial charge in [-0.25, -0.2) is 4.98 Å². The van der Waals surface area contributed by atoms with Crippen molar-refractivity contribution in [3.05, 3.63) is 46.9 Å². The molecule has 16 heavy (non-hydrogen) atoms. The van der Waals surface area contributed by atoms with Gasteiger partial charge >= 0.3 is 0 Å². The Kier molecular flexibility index (Phi) is 2.73. The molecular formula is C14H16N2. The molecule has 0 unspecified atom stereocenters. The molecule has 0 bridgehead atoms. The summed E-state index contributed by atoms with van der Waals surface area (Å²) in [6.45, 7) is 8.23. The van der Waals surface area contributed by atoms with Crippen molar-refractivity contribution in [1.82, 2.24) is 9.97 Å². The summed E-state index contributed by atoms with van der Waals surface area (Å²) in [6.07, 6.45) is 1.81. The highest BCUT2D eigenvalue weighted by atomic mass is 14.8. The minimum absolute atomic E-state index is 0.960. The Morgan fingerprint density at radius 3 is 2.50 bits per heavy atom. The molecule has 0 saturated carbocycles. The van der Waals surface area contributed by atoms with Crippen molar-refractivity contribution in [3.63, 3.8) is 0 Å². The molecule has 0 aliphatic rings. The first kappa shape index (κ1) is 10.8. The highest BCUT2D eigenvalue weighted by molar-refractivity contribution is 5.66.